The fourth-order valence-corrected chi connectivity index (χ4v) is 3.38. The Morgan fingerprint density at radius 3 is 2.43 bits per heavy atom. The number of carbonyl (C=O) groups is 2. The Morgan fingerprint density at radius 2 is 1.75 bits per heavy atom. The molecule has 2 aromatic carbocycles. The molecule has 3 rings (SSSR count). The molecule has 1 N–H and O–H groups in total. The summed E-state index contributed by atoms with van der Waals surface area (Å²) in [5.74, 6) is -0.322. The summed E-state index contributed by atoms with van der Waals surface area (Å²) >= 11 is 6.05. The maximum Gasteiger partial charge on any atom is 0.244 e. The van der Waals surface area contributed by atoms with Crippen LogP contribution in [0.1, 0.15) is 12.5 Å². The number of hydrogen-bond acceptors (Lipinski definition) is 3. The molecule has 1 aliphatic rings. The van der Waals surface area contributed by atoms with Gasteiger partial charge in [-0.15, -0.1) is 0 Å². The lowest BCUT2D eigenvalue weighted by Gasteiger charge is -2.36. The highest BCUT2D eigenvalue weighted by molar-refractivity contribution is 6.30. The molecule has 2 amide bonds. The lowest BCUT2D eigenvalue weighted by molar-refractivity contribution is -0.132. The number of rotatable bonds is 5. The van der Waals surface area contributed by atoms with Gasteiger partial charge in [0.05, 0.1) is 6.54 Å². The van der Waals surface area contributed by atoms with Crippen LogP contribution in [0.5, 0.6) is 0 Å². The van der Waals surface area contributed by atoms with Crippen LogP contribution in [-0.2, 0) is 9.59 Å². The van der Waals surface area contributed by atoms with E-state index >= 15 is 0 Å². The molecule has 0 spiro atoms. The van der Waals surface area contributed by atoms with Crippen LogP contribution in [0.2, 0.25) is 5.02 Å². The first kappa shape index (κ1) is 20.0. The van der Waals surface area contributed by atoms with Crippen LogP contribution >= 0.6 is 11.6 Å². The SMILES string of the molecule is C/C(=C\C(=O)NCC(=O)N1CCN(c2cccc(Cl)c2)CC1)c1ccccc1. The van der Waals surface area contributed by atoms with Crippen molar-refractivity contribution in [2.24, 2.45) is 0 Å². The number of carbonyl (C=O) groups excluding carboxylic acids is 2. The average molecular weight is 398 g/mol. The van der Waals surface area contributed by atoms with E-state index in [1.807, 2.05) is 61.5 Å². The second-order valence-corrected chi connectivity index (χ2v) is 7.20. The highest BCUT2D eigenvalue weighted by atomic mass is 35.5. The van der Waals surface area contributed by atoms with E-state index in [4.69, 9.17) is 11.6 Å². The molecule has 0 aliphatic carbocycles. The Balaban J connectivity index is 1.46. The maximum atomic E-state index is 12.4. The Bertz CT molecular complexity index is 859. The predicted octanol–water partition coefficient (Wildman–Crippen LogP) is 3.21. The third-order valence-corrected chi connectivity index (χ3v) is 5.03. The van der Waals surface area contributed by atoms with Crippen LogP contribution in [-0.4, -0.2) is 49.4 Å². The lowest BCUT2D eigenvalue weighted by atomic mass is 10.1. The summed E-state index contributed by atoms with van der Waals surface area (Å²) in [6.45, 7) is 4.63. The van der Waals surface area contributed by atoms with E-state index in [9.17, 15) is 9.59 Å². The van der Waals surface area contributed by atoms with E-state index in [2.05, 4.69) is 10.2 Å². The zero-order valence-electron chi connectivity index (χ0n) is 15.9. The second-order valence-electron chi connectivity index (χ2n) is 6.76. The highest BCUT2D eigenvalue weighted by Gasteiger charge is 2.21. The molecule has 1 aliphatic heterocycles. The first-order valence-corrected chi connectivity index (χ1v) is 9.70. The van der Waals surface area contributed by atoms with Crippen molar-refractivity contribution in [1.29, 1.82) is 0 Å². The van der Waals surface area contributed by atoms with Crippen LogP contribution in [0, 0.1) is 0 Å². The van der Waals surface area contributed by atoms with Gasteiger partial charge in [-0.05, 0) is 36.3 Å². The van der Waals surface area contributed by atoms with E-state index in [1.165, 1.54) is 6.08 Å². The third-order valence-electron chi connectivity index (χ3n) is 4.80. The van der Waals surface area contributed by atoms with E-state index < -0.39 is 0 Å². The molecule has 0 saturated carbocycles. The Morgan fingerprint density at radius 1 is 1.04 bits per heavy atom. The van der Waals surface area contributed by atoms with Crippen molar-refractivity contribution in [3.05, 3.63) is 71.3 Å². The minimum absolute atomic E-state index is 0.00850. The van der Waals surface area contributed by atoms with Crippen molar-refractivity contribution in [2.75, 3.05) is 37.6 Å². The van der Waals surface area contributed by atoms with Gasteiger partial charge in [0.1, 0.15) is 0 Å². The molecule has 0 unspecified atom stereocenters. The van der Waals surface area contributed by atoms with Gasteiger partial charge in [0.2, 0.25) is 11.8 Å². The maximum absolute atomic E-state index is 12.4. The molecule has 1 saturated heterocycles. The van der Waals surface area contributed by atoms with Crippen LogP contribution in [0.15, 0.2) is 60.7 Å². The summed E-state index contributed by atoms with van der Waals surface area (Å²) in [7, 11) is 0. The molecule has 1 fully saturated rings. The monoisotopic (exact) mass is 397 g/mol. The number of amides is 2. The number of nitrogens with one attached hydrogen (secondary N) is 1. The van der Waals surface area contributed by atoms with E-state index in [0.717, 1.165) is 29.9 Å². The van der Waals surface area contributed by atoms with Gasteiger partial charge in [0, 0.05) is 43.0 Å². The molecule has 2 aromatic rings. The molecule has 1 heterocycles. The number of nitrogens with zero attached hydrogens (tertiary/aromatic N) is 2. The van der Waals surface area contributed by atoms with Gasteiger partial charge in [0.25, 0.3) is 0 Å². The van der Waals surface area contributed by atoms with E-state index in [0.29, 0.717) is 18.1 Å². The Kier molecular flexibility index (Phi) is 6.71. The summed E-state index contributed by atoms with van der Waals surface area (Å²) in [6.07, 6.45) is 1.53. The molecule has 0 bridgehead atoms. The summed E-state index contributed by atoms with van der Waals surface area (Å²) in [5.41, 5.74) is 2.91. The summed E-state index contributed by atoms with van der Waals surface area (Å²) < 4.78 is 0. The van der Waals surface area contributed by atoms with Crippen molar-refractivity contribution in [3.8, 4) is 0 Å². The first-order chi connectivity index (χ1) is 13.5. The largest absolute Gasteiger partial charge is 0.368 e. The fraction of sp³-hybridized carbons (Fsp3) is 0.273. The standard InChI is InChI=1S/C22H24ClN3O2/c1-17(18-6-3-2-4-7-18)14-21(27)24-16-22(28)26-12-10-25(11-13-26)20-9-5-8-19(23)15-20/h2-9,14-15H,10-13,16H2,1H3,(H,24,27)/b17-14+. The van der Waals surface area contributed by atoms with Crippen molar-refractivity contribution in [3.63, 3.8) is 0 Å². The molecular weight excluding hydrogens is 374 g/mol. The van der Waals surface area contributed by atoms with Crippen LogP contribution in [0.4, 0.5) is 5.69 Å². The van der Waals surface area contributed by atoms with Gasteiger partial charge < -0.3 is 15.1 Å². The number of hydrogen-bond donors (Lipinski definition) is 1. The Labute approximate surface area is 170 Å². The smallest absolute Gasteiger partial charge is 0.244 e. The number of halogens is 1. The minimum Gasteiger partial charge on any atom is -0.368 e. The first-order valence-electron chi connectivity index (χ1n) is 9.33. The molecule has 146 valence electrons. The predicted molar refractivity (Wildman–Crippen MR) is 113 cm³/mol. The van der Waals surface area contributed by atoms with Crippen molar-refractivity contribution in [2.45, 2.75) is 6.92 Å². The number of anilines is 1. The van der Waals surface area contributed by atoms with Crippen molar-refractivity contribution in [1.82, 2.24) is 10.2 Å². The minimum atomic E-state index is -0.257. The summed E-state index contributed by atoms with van der Waals surface area (Å²) in [5, 5.41) is 3.40. The number of benzene rings is 2. The fourth-order valence-electron chi connectivity index (χ4n) is 3.19. The van der Waals surface area contributed by atoms with E-state index in [-0.39, 0.29) is 18.4 Å². The van der Waals surface area contributed by atoms with E-state index in [1.54, 1.807) is 4.90 Å². The lowest BCUT2D eigenvalue weighted by Crippen LogP contribution is -2.51. The third kappa shape index (κ3) is 5.36. The van der Waals surface area contributed by atoms with Crippen LogP contribution < -0.4 is 10.2 Å². The quantitative estimate of drug-likeness (QED) is 0.788. The highest BCUT2D eigenvalue weighted by Crippen LogP contribution is 2.20. The number of piperazine rings is 1. The Hall–Kier alpha value is -2.79. The summed E-state index contributed by atoms with van der Waals surface area (Å²) in [4.78, 5) is 28.5. The topological polar surface area (TPSA) is 52.7 Å². The van der Waals surface area contributed by atoms with Crippen LogP contribution in [0.25, 0.3) is 5.57 Å². The van der Waals surface area contributed by atoms with Gasteiger partial charge in [-0.25, -0.2) is 0 Å². The van der Waals surface area contributed by atoms with Gasteiger partial charge in [-0.3, -0.25) is 9.59 Å². The van der Waals surface area contributed by atoms with Crippen LogP contribution in [0.3, 0.4) is 0 Å². The summed E-state index contributed by atoms with van der Waals surface area (Å²) in [6, 6.07) is 17.4. The molecule has 0 aromatic heterocycles. The normalized spacial score (nSPS) is 14.7. The van der Waals surface area contributed by atoms with Gasteiger partial charge >= 0.3 is 0 Å². The zero-order valence-corrected chi connectivity index (χ0v) is 16.7. The number of allylic oxidation sites excluding steroid dienone is 1. The van der Waals surface area contributed by atoms with Gasteiger partial charge in [-0.1, -0.05) is 48.0 Å². The molecule has 5 nitrogen and oxygen atoms in total. The zero-order chi connectivity index (χ0) is 19.9. The second kappa shape index (κ2) is 9.42. The van der Waals surface area contributed by atoms with Gasteiger partial charge in [0.15, 0.2) is 0 Å². The molecule has 0 atom stereocenters. The van der Waals surface area contributed by atoms with Crippen molar-refractivity contribution < 1.29 is 9.59 Å². The van der Waals surface area contributed by atoms with Gasteiger partial charge in [-0.2, -0.15) is 0 Å². The molecular formula is C22H24ClN3O2. The van der Waals surface area contributed by atoms with Crippen molar-refractivity contribution >= 4 is 34.7 Å². The molecule has 6 heteroatoms. The molecule has 28 heavy (non-hydrogen) atoms. The molecule has 0 radical (unpaired) electrons. The average Bonchev–Trinajstić information content (AvgIpc) is 2.72.